The Balaban J connectivity index is 2.82. The topological polar surface area (TPSA) is 26.5 Å². The molecule has 1 rings (SSSR count). The molecule has 0 saturated heterocycles. The maximum absolute atomic E-state index is 3.63. The first-order valence-electron chi connectivity index (χ1n) is 2.13. The van der Waals surface area contributed by atoms with Crippen LogP contribution in [0.1, 0.15) is 6.92 Å². The standard InChI is InChI=1S/C5H6N2/c1-5-2-3-6-7-4-5/h2-4H,1H3/q+1. The predicted molar refractivity (Wildman–Crippen MR) is 30.4 cm³/mol. The zero-order chi connectivity index (χ0) is 5.11. The van der Waals surface area contributed by atoms with E-state index in [4.69, 9.17) is 0 Å². The Morgan fingerprint density at radius 3 is 2.86 bits per heavy atom. The van der Waals surface area contributed by atoms with Crippen molar-refractivity contribution in [1.82, 2.24) is 5.10 Å². The Hall–Kier alpha value is -0.920. The molecule has 1 heterocycles. The maximum atomic E-state index is 3.63. The maximum Gasteiger partial charge on any atom is 0.280 e. The minimum atomic E-state index is 1.15. The van der Waals surface area contributed by atoms with Gasteiger partial charge in [-0.2, -0.15) is 0 Å². The van der Waals surface area contributed by atoms with Gasteiger partial charge in [-0.05, 0) is 13.0 Å². The molecule has 2 nitrogen and oxygen atoms in total. The second-order valence-electron chi connectivity index (χ2n) is 1.42. The van der Waals surface area contributed by atoms with Crippen molar-refractivity contribution in [3.05, 3.63) is 11.6 Å². The van der Waals surface area contributed by atoms with Gasteiger partial charge in [0.1, 0.15) is 6.21 Å². The Bertz CT molecular complexity index is 142. The lowest BCUT2D eigenvalue weighted by Gasteiger charge is -1.75. The summed E-state index contributed by atoms with van der Waals surface area (Å²) in [5.74, 6) is 0. The van der Waals surface area contributed by atoms with E-state index in [1.807, 2.05) is 13.0 Å². The third-order valence-corrected chi connectivity index (χ3v) is 0.732. The predicted octanol–water partition coefficient (Wildman–Crippen LogP) is 0.339. The molecular formula is C5H6N2+. The van der Waals surface area contributed by atoms with E-state index in [1.165, 1.54) is 0 Å². The summed E-state index contributed by atoms with van der Waals surface area (Å²) >= 11 is 0. The van der Waals surface area contributed by atoms with Gasteiger partial charge in [-0.25, -0.2) is 0 Å². The molecule has 7 heavy (non-hydrogen) atoms. The van der Waals surface area contributed by atoms with E-state index in [2.05, 4.69) is 10.2 Å². The molecule has 0 aromatic heterocycles. The fraction of sp³-hybridized carbons (Fsp3) is 0.200. The summed E-state index contributed by atoms with van der Waals surface area (Å²) in [4.78, 5) is 0. The normalized spacial score (nSPS) is 17.0. The molecule has 0 bridgehead atoms. The lowest BCUT2D eigenvalue weighted by atomic mass is 10.3. The number of allylic oxidation sites excluding steroid dienone is 2. The van der Waals surface area contributed by atoms with Crippen LogP contribution in [0.2, 0.25) is 0 Å². The van der Waals surface area contributed by atoms with Gasteiger partial charge in [-0.15, -0.1) is 0 Å². The van der Waals surface area contributed by atoms with E-state index < -0.39 is 0 Å². The zero-order valence-corrected chi connectivity index (χ0v) is 4.13. The van der Waals surface area contributed by atoms with Gasteiger partial charge in [0.05, 0.1) is 5.10 Å². The third kappa shape index (κ3) is 0.961. The fourth-order valence-electron chi connectivity index (χ4n) is 0.357. The van der Waals surface area contributed by atoms with Crippen LogP contribution in [0, 0.1) is 0 Å². The molecule has 0 unspecified atom stereocenters. The highest BCUT2D eigenvalue weighted by Gasteiger charge is 1.93. The van der Waals surface area contributed by atoms with Crippen molar-refractivity contribution in [1.29, 1.82) is 0 Å². The van der Waals surface area contributed by atoms with Crippen LogP contribution in [-0.2, 0) is 0 Å². The van der Waals surface area contributed by atoms with Crippen molar-refractivity contribution in [2.24, 2.45) is 5.10 Å². The number of hydrogen-bond donors (Lipinski definition) is 0. The summed E-state index contributed by atoms with van der Waals surface area (Å²) in [6.07, 6.45) is 5.31. The van der Waals surface area contributed by atoms with Gasteiger partial charge in [0.15, 0.2) is 0 Å². The Kier molecular flexibility index (Phi) is 1.02. The van der Waals surface area contributed by atoms with Gasteiger partial charge in [0, 0.05) is 5.57 Å². The summed E-state index contributed by atoms with van der Waals surface area (Å²) in [5.41, 5.74) is 1.15. The molecule has 0 fully saturated rings. The lowest BCUT2D eigenvalue weighted by Crippen LogP contribution is -1.91. The van der Waals surface area contributed by atoms with Crippen LogP contribution in [0.25, 0.3) is 0 Å². The molecule has 1 aliphatic heterocycles. The first-order chi connectivity index (χ1) is 3.39. The minimum Gasteiger partial charge on any atom is -0.0334 e. The molecule has 2 heteroatoms. The van der Waals surface area contributed by atoms with Gasteiger partial charge in [-0.1, -0.05) is 0 Å². The highest BCUT2D eigenvalue weighted by atomic mass is 15.2. The number of nitrogens with zero attached hydrogens (tertiary/aromatic N) is 2. The van der Waals surface area contributed by atoms with Crippen LogP contribution in [-0.4, -0.2) is 12.4 Å². The van der Waals surface area contributed by atoms with Crippen molar-refractivity contribution in [2.45, 2.75) is 6.92 Å². The van der Waals surface area contributed by atoms with Gasteiger partial charge in [0.25, 0.3) is 6.21 Å². The molecule has 0 N–H and O–H groups in total. The van der Waals surface area contributed by atoms with E-state index in [0.29, 0.717) is 0 Å². The quantitative estimate of drug-likeness (QED) is 0.414. The molecule has 1 aliphatic rings. The van der Waals surface area contributed by atoms with Crippen molar-refractivity contribution < 1.29 is 0 Å². The zero-order valence-electron chi connectivity index (χ0n) is 4.13. The van der Waals surface area contributed by atoms with Crippen LogP contribution in [0.3, 0.4) is 0 Å². The summed E-state index contributed by atoms with van der Waals surface area (Å²) in [5, 5.41) is 7.23. The first kappa shape index (κ1) is 4.24. The Morgan fingerprint density at radius 2 is 2.57 bits per heavy atom. The number of rotatable bonds is 0. The molecule has 0 spiro atoms. The highest BCUT2D eigenvalue weighted by molar-refractivity contribution is 5.87. The monoisotopic (exact) mass is 94.1 g/mol. The third-order valence-electron chi connectivity index (χ3n) is 0.732. The summed E-state index contributed by atoms with van der Waals surface area (Å²) in [6.45, 7) is 1.98. The van der Waals surface area contributed by atoms with Crippen molar-refractivity contribution in [3.63, 3.8) is 0 Å². The van der Waals surface area contributed by atoms with E-state index in [0.717, 1.165) is 5.57 Å². The molecule has 0 saturated carbocycles. The van der Waals surface area contributed by atoms with Crippen LogP contribution >= 0.6 is 0 Å². The van der Waals surface area contributed by atoms with Gasteiger partial charge in [0.2, 0.25) is 5.10 Å². The molecule has 0 aromatic carbocycles. The smallest absolute Gasteiger partial charge is 0.0334 e. The molecule has 0 amide bonds. The SMILES string of the molecule is CC1=CC=N[N+]=C1. The van der Waals surface area contributed by atoms with Crippen LogP contribution in [0.15, 0.2) is 16.8 Å². The minimum absolute atomic E-state index is 1.15. The van der Waals surface area contributed by atoms with Gasteiger partial charge in [-0.3, -0.25) is 0 Å². The molecule has 1 radical (unpaired) electrons. The molecule has 0 aliphatic carbocycles. The fourth-order valence-corrected chi connectivity index (χ4v) is 0.357. The highest BCUT2D eigenvalue weighted by Crippen LogP contribution is 1.84. The summed E-state index contributed by atoms with van der Waals surface area (Å²) in [7, 11) is 0. The Morgan fingerprint density at radius 1 is 1.71 bits per heavy atom. The van der Waals surface area contributed by atoms with Gasteiger partial charge >= 0.3 is 0 Å². The van der Waals surface area contributed by atoms with Crippen molar-refractivity contribution in [3.8, 4) is 0 Å². The largest absolute Gasteiger partial charge is 0.280 e. The molecule has 35 valence electrons. The van der Waals surface area contributed by atoms with E-state index in [1.54, 1.807) is 12.4 Å². The van der Waals surface area contributed by atoms with Crippen molar-refractivity contribution >= 4 is 12.4 Å². The summed E-state index contributed by atoms with van der Waals surface area (Å²) in [6, 6.07) is 0. The van der Waals surface area contributed by atoms with Crippen LogP contribution in [0.5, 0.6) is 0 Å². The second-order valence-corrected chi connectivity index (χ2v) is 1.42. The Labute approximate surface area is 42.3 Å². The lowest BCUT2D eigenvalue weighted by molar-refractivity contribution is 1.11. The van der Waals surface area contributed by atoms with E-state index >= 15 is 0 Å². The van der Waals surface area contributed by atoms with E-state index in [-0.39, 0.29) is 0 Å². The molecule has 0 aromatic rings. The molecule has 0 atom stereocenters. The van der Waals surface area contributed by atoms with E-state index in [9.17, 15) is 0 Å². The van der Waals surface area contributed by atoms with Crippen LogP contribution in [0.4, 0.5) is 0 Å². The second kappa shape index (κ2) is 1.69. The van der Waals surface area contributed by atoms with Crippen molar-refractivity contribution in [2.75, 3.05) is 0 Å². The average Bonchev–Trinajstić information content (AvgIpc) is 1.69. The first-order valence-corrected chi connectivity index (χ1v) is 2.13. The molecular weight excluding hydrogens is 88.1 g/mol. The number of hydrogen-bond acceptors (Lipinski definition) is 2. The van der Waals surface area contributed by atoms with Gasteiger partial charge < -0.3 is 0 Å². The summed E-state index contributed by atoms with van der Waals surface area (Å²) < 4.78 is 0. The van der Waals surface area contributed by atoms with Crippen LogP contribution < -0.4 is 5.10 Å². The average molecular weight is 94.1 g/mol.